The SMILES string of the molecule is CCOc1ncc(C(=O)Nc2cccc([C@H](C)Nc3cnc4cn(CC)nc4n3)c2)s1. The second kappa shape index (κ2) is 9.09. The molecule has 1 amide bonds. The van der Waals surface area contributed by atoms with Gasteiger partial charge in [-0.15, -0.1) is 0 Å². The number of ether oxygens (including phenoxy) is 1. The Balaban J connectivity index is 1.45. The fourth-order valence-electron chi connectivity index (χ4n) is 3.01. The lowest BCUT2D eigenvalue weighted by molar-refractivity contribution is 0.103. The average molecular weight is 438 g/mol. The molecule has 10 heteroatoms. The molecule has 31 heavy (non-hydrogen) atoms. The van der Waals surface area contributed by atoms with Crippen molar-refractivity contribution in [3.05, 3.63) is 53.3 Å². The molecule has 0 fully saturated rings. The van der Waals surface area contributed by atoms with Gasteiger partial charge in [0.05, 0.1) is 31.2 Å². The number of aromatic nitrogens is 5. The number of nitrogens with one attached hydrogen (secondary N) is 2. The van der Waals surface area contributed by atoms with E-state index in [1.165, 1.54) is 17.5 Å². The van der Waals surface area contributed by atoms with Crippen LogP contribution in [0.5, 0.6) is 5.19 Å². The number of fused-ring (bicyclic) bond motifs is 1. The lowest BCUT2D eigenvalue weighted by Crippen LogP contribution is -2.12. The molecule has 0 saturated heterocycles. The summed E-state index contributed by atoms with van der Waals surface area (Å²) in [6.07, 6.45) is 5.10. The predicted octanol–water partition coefficient (Wildman–Crippen LogP) is 4.13. The van der Waals surface area contributed by atoms with Gasteiger partial charge in [-0.05, 0) is 38.5 Å². The van der Waals surface area contributed by atoms with Crippen molar-refractivity contribution >= 4 is 39.9 Å². The number of thiazole rings is 1. The molecule has 0 aliphatic rings. The number of anilines is 2. The van der Waals surface area contributed by atoms with Crippen LogP contribution in [0.15, 0.2) is 42.9 Å². The van der Waals surface area contributed by atoms with Gasteiger partial charge in [-0.2, -0.15) is 5.10 Å². The standard InChI is InChI=1S/C21H23N7O2S/c1-4-28-12-16-19(27-28)26-18(11-22-16)24-13(3)14-7-6-8-15(9-14)25-20(29)17-10-23-21(31-17)30-5-2/h6-13H,4-5H2,1-3H3,(H,25,29)(H,24,26,27)/t13-/m0/s1. The fourth-order valence-corrected chi connectivity index (χ4v) is 3.73. The minimum Gasteiger partial charge on any atom is -0.470 e. The van der Waals surface area contributed by atoms with Gasteiger partial charge >= 0.3 is 0 Å². The molecule has 1 aromatic carbocycles. The van der Waals surface area contributed by atoms with E-state index in [0.29, 0.717) is 33.8 Å². The molecule has 9 nitrogen and oxygen atoms in total. The Morgan fingerprint density at radius 3 is 2.94 bits per heavy atom. The summed E-state index contributed by atoms with van der Waals surface area (Å²) in [5.74, 6) is 0.424. The molecule has 160 valence electrons. The van der Waals surface area contributed by atoms with Crippen LogP contribution in [0.3, 0.4) is 0 Å². The normalized spacial score (nSPS) is 12.0. The summed E-state index contributed by atoms with van der Waals surface area (Å²) >= 11 is 1.22. The van der Waals surface area contributed by atoms with E-state index in [-0.39, 0.29) is 11.9 Å². The maximum absolute atomic E-state index is 12.5. The smallest absolute Gasteiger partial charge is 0.273 e. The quantitative estimate of drug-likeness (QED) is 0.427. The molecule has 0 saturated carbocycles. The molecular formula is C21H23N7O2S. The number of amides is 1. The zero-order chi connectivity index (χ0) is 21.8. The van der Waals surface area contributed by atoms with Gasteiger partial charge in [0, 0.05) is 12.2 Å². The van der Waals surface area contributed by atoms with Crippen molar-refractivity contribution in [3.8, 4) is 5.19 Å². The van der Waals surface area contributed by atoms with Crippen LogP contribution in [0.25, 0.3) is 11.2 Å². The van der Waals surface area contributed by atoms with Gasteiger partial charge in [0.25, 0.3) is 11.1 Å². The number of rotatable bonds is 8. The Labute approximate surface area is 183 Å². The maximum atomic E-state index is 12.5. The third kappa shape index (κ3) is 4.80. The van der Waals surface area contributed by atoms with E-state index in [1.807, 2.05) is 55.9 Å². The highest BCUT2D eigenvalue weighted by Gasteiger charge is 2.13. The zero-order valence-corrected chi connectivity index (χ0v) is 18.3. The molecular weight excluding hydrogens is 414 g/mol. The summed E-state index contributed by atoms with van der Waals surface area (Å²) in [7, 11) is 0. The van der Waals surface area contributed by atoms with Crippen LogP contribution in [0.4, 0.5) is 11.5 Å². The molecule has 0 unspecified atom stereocenters. The van der Waals surface area contributed by atoms with Crippen molar-refractivity contribution in [2.45, 2.75) is 33.4 Å². The molecule has 2 N–H and O–H groups in total. The van der Waals surface area contributed by atoms with Crippen LogP contribution in [-0.2, 0) is 6.54 Å². The van der Waals surface area contributed by atoms with Gasteiger partial charge < -0.3 is 15.4 Å². The largest absolute Gasteiger partial charge is 0.470 e. The van der Waals surface area contributed by atoms with E-state index < -0.39 is 0 Å². The van der Waals surface area contributed by atoms with E-state index in [4.69, 9.17) is 4.74 Å². The number of hydrogen-bond donors (Lipinski definition) is 2. The van der Waals surface area contributed by atoms with Crippen LogP contribution < -0.4 is 15.4 Å². The third-order valence-electron chi connectivity index (χ3n) is 4.58. The highest BCUT2D eigenvalue weighted by atomic mass is 32.1. The molecule has 0 aliphatic carbocycles. The summed E-state index contributed by atoms with van der Waals surface area (Å²) in [6, 6.07) is 7.62. The minimum atomic E-state index is -0.218. The Morgan fingerprint density at radius 1 is 1.26 bits per heavy atom. The predicted molar refractivity (Wildman–Crippen MR) is 121 cm³/mol. The van der Waals surface area contributed by atoms with Crippen LogP contribution in [0, 0.1) is 0 Å². The highest BCUT2D eigenvalue weighted by Crippen LogP contribution is 2.24. The summed E-state index contributed by atoms with van der Waals surface area (Å²) in [4.78, 5) is 26.1. The second-order valence-corrected chi connectivity index (χ2v) is 7.81. The van der Waals surface area contributed by atoms with Gasteiger partial charge in [0.2, 0.25) is 5.65 Å². The number of nitrogens with zero attached hydrogens (tertiary/aromatic N) is 5. The van der Waals surface area contributed by atoms with E-state index in [9.17, 15) is 4.79 Å². The first-order chi connectivity index (χ1) is 15.1. The molecule has 3 heterocycles. The molecule has 0 bridgehead atoms. The topological polar surface area (TPSA) is 107 Å². The minimum absolute atomic E-state index is 0.0511. The third-order valence-corrected chi connectivity index (χ3v) is 5.49. The van der Waals surface area contributed by atoms with Gasteiger partial charge in [-0.25, -0.2) is 15.0 Å². The molecule has 3 aromatic heterocycles. The van der Waals surface area contributed by atoms with Gasteiger partial charge in [-0.1, -0.05) is 23.5 Å². The number of benzene rings is 1. The van der Waals surface area contributed by atoms with Crippen molar-refractivity contribution in [2.24, 2.45) is 0 Å². The van der Waals surface area contributed by atoms with Crippen molar-refractivity contribution in [3.63, 3.8) is 0 Å². The molecule has 0 spiro atoms. The van der Waals surface area contributed by atoms with E-state index in [1.54, 1.807) is 6.20 Å². The first-order valence-electron chi connectivity index (χ1n) is 10.0. The van der Waals surface area contributed by atoms with Crippen molar-refractivity contribution < 1.29 is 9.53 Å². The first-order valence-corrected chi connectivity index (χ1v) is 10.8. The van der Waals surface area contributed by atoms with Crippen molar-refractivity contribution in [1.82, 2.24) is 24.7 Å². The molecule has 0 aliphatic heterocycles. The fraction of sp³-hybridized carbons (Fsp3) is 0.286. The van der Waals surface area contributed by atoms with Gasteiger partial charge in [-0.3, -0.25) is 9.48 Å². The van der Waals surface area contributed by atoms with Crippen molar-refractivity contribution in [1.29, 1.82) is 0 Å². The van der Waals surface area contributed by atoms with E-state index in [2.05, 4.69) is 30.7 Å². The molecule has 1 atom stereocenters. The average Bonchev–Trinajstić information content (AvgIpc) is 3.40. The van der Waals surface area contributed by atoms with Gasteiger partial charge in [0.1, 0.15) is 16.2 Å². The maximum Gasteiger partial charge on any atom is 0.273 e. The molecule has 4 aromatic rings. The number of hydrogen-bond acceptors (Lipinski definition) is 8. The van der Waals surface area contributed by atoms with Crippen LogP contribution in [0.1, 0.15) is 42.0 Å². The Bertz CT molecular complexity index is 1200. The number of carbonyl (C=O) groups excluding carboxylic acids is 1. The Hall–Kier alpha value is -3.53. The first kappa shape index (κ1) is 20.7. The summed E-state index contributed by atoms with van der Waals surface area (Å²) in [5, 5.41) is 11.2. The van der Waals surface area contributed by atoms with Crippen LogP contribution in [-0.4, -0.2) is 37.2 Å². The number of carbonyl (C=O) groups is 1. The van der Waals surface area contributed by atoms with Gasteiger partial charge in [0.15, 0.2) is 0 Å². The van der Waals surface area contributed by atoms with Crippen LogP contribution in [0.2, 0.25) is 0 Å². The summed E-state index contributed by atoms with van der Waals surface area (Å²) in [5.41, 5.74) is 3.07. The lowest BCUT2D eigenvalue weighted by Gasteiger charge is -2.16. The summed E-state index contributed by atoms with van der Waals surface area (Å²) in [6.45, 7) is 7.20. The van der Waals surface area contributed by atoms with Crippen LogP contribution >= 0.6 is 11.3 Å². The zero-order valence-electron chi connectivity index (χ0n) is 17.5. The number of aryl methyl sites for hydroxylation is 1. The summed E-state index contributed by atoms with van der Waals surface area (Å²) < 4.78 is 7.14. The lowest BCUT2D eigenvalue weighted by atomic mass is 10.1. The van der Waals surface area contributed by atoms with Crippen molar-refractivity contribution in [2.75, 3.05) is 17.2 Å². The highest BCUT2D eigenvalue weighted by molar-refractivity contribution is 7.15. The van der Waals surface area contributed by atoms with E-state index >= 15 is 0 Å². The Morgan fingerprint density at radius 2 is 2.13 bits per heavy atom. The monoisotopic (exact) mass is 437 g/mol. The second-order valence-electron chi connectivity index (χ2n) is 6.82. The van der Waals surface area contributed by atoms with E-state index in [0.717, 1.165) is 17.6 Å². The Kier molecular flexibility index (Phi) is 6.08. The molecule has 0 radical (unpaired) electrons. The molecule has 4 rings (SSSR count).